The van der Waals surface area contributed by atoms with Crippen molar-refractivity contribution in [1.82, 2.24) is 9.88 Å². The average Bonchev–Trinajstić information content (AvgIpc) is 3.33. The Morgan fingerprint density at radius 3 is 2.80 bits per heavy atom. The van der Waals surface area contributed by atoms with Crippen molar-refractivity contribution in [3.05, 3.63) is 76.2 Å². The van der Waals surface area contributed by atoms with Gasteiger partial charge in [0, 0.05) is 12.7 Å². The molecule has 1 aliphatic rings. The average molecular weight is 352 g/mol. The van der Waals surface area contributed by atoms with E-state index in [-0.39, 0.29) is 12.7 Å². The van der Waals surface area contributed by atoms with Crippen LogP contribution in [0.1, 0.15) is 20.9 Å². The number of amides is 1. The summed E-state index contributed by atoms with van der Waals surface area (Å²) in [6, 6.07) is 15.2. The maximum atomic E-state index is 12.9. The highest BCUT2D eigenvalue weighted by Gasteiger charge is 2.20. The lowest BCUT2D eigenvalue weighted by atomic mass is 10.1. The molecule has 126 valence electrons. The van der Waals surface area contributed by atoms with Gasteiger partial charge in [-0.2, -0.15) is 0 Å². The predicted molar refractivity (Wildman–Crippen MR) is 94.7 cm³/mol. The molecule has 4 rings (SSSR count). The third-order valence-corrected chi connectivity index (χ3v) is 4.77. The van der Waals surface area contributed by atoms with Crippen LogP contribution in [0.3, 0.4) is 0 Å². The topological polar surface area (TPSA) is 51.7 Å². The number of thiophene rings is 1. The van der Waals surface area contributed by atoms with Crippen LogP contribution in [-0.4, -0.2) is 22.6 Å². The molecule has 25 heavy (non-hydrogen) atoms. The van der Waals surface area contributed by atoms with E-state index in [0.29, 0.717) is 13.1 Å². The summed E-state index contributed by atoms with van der Waals surface area (Å²) in [5, 5.41) is 1.91. The summed E-state index contributed by atoms with van der Waals surface area (Å²) >= 11 is 1.44. The quantitative estimate of drug-likeness (QED) is 0.702. The highest BCUT2D eigenvalue weighted by atomic mass is 32.1. The van der Waals surface area contributed by atoms with Crippen LogP contribution in [0.25, 0.3) is 0 Å². The van der Waals surface area contributed by atoms with E-state index in [2.05, 4.69) is 4.98 Å². The smallest absolute Gasteiger partial charge is 0.264 e. The molecule has 6 heteroatoms. The fourth-order valence-electron chi connectivity index (χ4n) is 2.70. The van der Waals surface area contributed by atoms with E-state index in [4.69, 9.17) is 9.47 Å². The van der Waals surface area contributed by atoms with Crippen molar-refractivity contribution in [3.63, 3.8) is 0 Å². The molecule has 0 radical (unpaired) electrons. The normalized spacial score (nSPS) is 12.2. The number of carbonyl (C=O) groups excluding carboxylic acids is 1. The first-order valence-electron chi connectivity index (χ1n) is 7.91. The van der Waals surface area contributed by atoms with Gasteiger partial charge in [0.1, 0.15) is 0 Å². The van der Waals surface area contributed by atoms with Crippen LogP contribution in [0.4, 0.5) is 0 Å². The highest BCUT2D eigenvalue weighted by molar-refractivity contribution is 7.12. The summed E-state index contributed by atoms with van der Waals surface area (Å²) in [7, 11) is 0. The van der Waals surface area contributed by atoms with Crippen molar-refractivity contribution in [1.29, 1.82) is 0 Å². The number of nitrogens with zero attached hydrogens (tertiary/aromatic N) is 2. The fourth-order valence-corrected chi connectivity index (χ4v) is 3.39. The van der Waals surface area contributed by atoms with E-state index in [0.717, 1.165) is 27.6 Å². The van der Waals surface area contributed by atoms with E-state index in [1.54, 1.807) is 11.1 Å². The molecule has 1 aromatic carbocycles. The molecule has 1 aliphatic heterocycles. The van der Waals surface area contributed by atoms with Gasteiger partial charge in [0.15, 0.2) is 11.5 Å². The maximum Gasteiger partial charge on any atom is 0.264 e. The van der Waals surface area contributed by atoms with Gasteiger partial charge >= 0.3 is 0 Å². The number of fused-ring (bicyclic) bond motifs is 1. The molecule has 0 aliphatic carbocycles. The Morgan fingerprint density at radius 2 is 2.00 bits per heavy atom. The zero-order valence-corrected chi connectivity index (χ0v) is 14.2. The second-order valence-electron chi connectivity index (χ2n) is 5.65. The second-order valence-corrected chi connectivity index (χ2v) is 6.59. The van der Waals surface area contributed by atoms with Crippen LogP contribution in [0.15, 0.2) is 60.1 Å². The van der Waals surface area contributed by atoms with Crippen LogP contribution in [0, 0.1) is 0 Å². The third kappa shape index (κ3) is 3.49. The number of benzene rings is 1. The number of carbonyl (C=O) groups is 1. The van der Waals surface area contributed by atoms with Gasteiger partial charge in [0.25, 0.3) is 5.91 Å². The van der Waals surface area contributed by atoms with Crippen LogP contribution >= 0.6 is 11.3 Å². The molecular weight excluding hydrogens is 336 g/mol. The molecule has 0 N–H and O–H groups in total. The Bertz CT molecular complexity index is 866. The van der Waals surface area contributed by atoms with E-state index >= 15 is 0 Å². The summed E-state index contributed by atoms with van der Waals surface area (Å²) in [4.78, 5) is 19.8. The zero-order valence-electron chi connectivity index (χ0n) is 13.4. The number of hydrogen-bond acceptors (Lipinski definition) is 5. The molecule has 2 aromatic heterocycles. The third-order valence-electron chi connectivity index (χ3n) is 3.91. The molecule has 3 aromatic rings. The molecule has 0 atom stereocenters. The van der Waals surface area contributed by atoms with Crippen molar-refractivity contribution >= 4 is 17.2 Å². The van der Waals surface area contributed by atoms with Crippen LogP contribution < -0.4 is 9.47 Å². The SMILES string of the molecule is O=C(c1cccs1)N(Cc1ccc2c(c1)OCO2)Cc1ccccn1. The lowest BCUT2D eigenvalue weighted by Crippen LogP contribution is -2.29. The molecule has 3 heterocycles. The second kappa shape index (κ2) is 6.94. The van der Waals surface area contributed by atoms with Gasteiger partial charge in [-0.25, -0.2) is 0 Å². The first-order valence-corrected chi connectivity index (χ1v) is 8.79. The number of pyridine rings is 1. The molecule has 1 amide bonds. The molecule has 0 bridgehead atoms. The van der Waals surface area contributed by atoms with Gasteiger partial charge in [-0.05, 0) is 41.3 Å². The fraction of sp³-hybridized carbons (Fsp3) is 0.158. The molecule has 5 nitrogen and oxygen atoms in total. The summed E-state index contributed by atoms with van der Waals surface area (Å²) in [5.74, 6) is 1.46. The summed E-state index contributed by atoms with van der Waals surface area (Å²) in [5.41, 5.74) is 1.85. The van der Waals surface area contributed by atoms with Crippen molar-refractivity contribution < 1.29 is 14.3 Å². The van der Waals surface area contributed by atoms with Crippen molar-refractivity contribution in [2.75, 3.05) is 6.79 Å². The lowest BCUT2D eigenvalue weighted by molar-refractivity contribution is 0.0732. The number of aromatic nitrogens is 1. The molecule has 0 unspecified atom stereocenters. The Labute approximate surface area is 149 Å². The van der Waals surface area contributed by atoms with Gasteiger partial charge in [0.05, 0.1) is 17.1 Å². The number of rotatable bonds is 5. The van der Waals surface area contributed by atoms with Gasteiger partial charge in [-0.15, -0.1) is 11.3 Å². The first-order chi connectivity index (χ1) is 12.3. The van der Waals surface area contributed by atoms with E-state index in [1.807, 2.05) is 53.9 Å². The first kappa shape index (κ1) is 15.7. The van der Waals surface area contributed by atoms with Crippen LogP contribution in [0.5, 0.6) is 11.5 Å². The maximum absolute atomic E-state index is 12.9. The molecular formula is C19H16N2O3S. The zero-order chi connectivity index (χ0) is 17.1. The highest BCUT2D eigenvalue weighted by Crippen LogP contribution is 2.33. The van der Waals surface area contributed by atoms with E-state index in [9.17, 15) is 4.79 Å². The predicted octanol–water partition coefficient (Wildman–Crippen LogP) is 3.71. The van der Waals surface area contributed by atoms with Crippen molar-refractivity contribution in [2.24, 2.45) is 0 Å². The van der Waals surface area contributed by atoms with Gasteiger partial charge in [-0.3, -0.25) is 9.78 Å². The Hall–Kier alpha value is -2.86. The standard InChI is InChI=1S/C19H16N2O3S/c22-19(18-5-3-9-25-18)21(12-15-4-1-2-8-20-15)11-14-6-7-16-17(10-14)24-13-23-16/h1-10H,11-13H2. The van der Waals surface area contributed by atoms with Crippen LogP contribution in [0.2, 0.25) is 0 Å². The molecule has 0 spiro atoms. The molecule has 0 fully saturated rings. The summed E-state index contributed by atoms with van der Waals surface area (Å²) < 4.78 is 10.8. The minimum absolute atomic E-state index is 0.00156. The molecule has 0 saturated carbocycles. The van der Waals surface area contributed by atoms with Gasteiger partial charge < -0.3 is 14.4 Å². The van der Waals surface area contributed by atoms with Crippen LogP contribution in [-0.2, 0) is 13.1 Å². The summed E-state index contributed by atoms with van der Waals surface area (Å²) in [6.07, 6.45) is 1.74. The Balaban J connectivity index is 1.59. The minimum atomic E-state index is -0.00156. The van der Waals surface area contributed by atoms with E-state index < -0.39 is 0 Å². The Kier molecular flexibility index (Phi) is 4.35. The van der Waals surface area contributed by atoms with E-state index in [1.165, 1.54) is 11.3 Å². The van der Waals surface area contributed by atoms with Gasteiger partial charge in [0.2, 0.25) is 6.79 Å². The minimum Gasteiger partial charge on any atom is -0.454 e. The Morgan fingerprint density at radius 1 is 1.08 bits per heavy atom. The molecule has 0 saturated heterocycles. The number of hydrogen-bond donors (Lipinski definition) is 0. The van der Waals surface area contributed by atoms with Crippen molar-refractivity contribution in [3.8, 4) is 11.5 Å². The lowest BCUT2D eigenvalue weighted by Gasteiger charge is -2.22. The van der Waals surface area contributed by atoms with Crippen molar-refractivity contribution in [2.45, 2.75) is 13.1 Å². The van der Waals surface area contributed by atoms with Gasteiger partial charge in [-0.1, -0.05) is 18.2 Å². The monoisotopic (exact) mass is 352 g/mol. The number of ether oxygens (including phenoxy) is 2. The summed E-state index contributed by atoms with van der Waals surface area (Å²) in [6.45, 7) is 1.17. The largest absolute Gasteiger partial charge is 0.454 e.